The Morgan fingerprint density at radius 1 is 1.12 bits per heavy atom. The highest BCUT2D eigenvalue weighted by Crippen LogP contribution is 2.41. The summed E-state index contributed by atoms with van der Waals surface area (Å²) in [5.41, 5.74) is 0.530. The zero-order valence-electron chi connectivity index (χ0n) is 20.0. The summed E-state index contributed by atoms with van der Waals surface area (Å²) in [7, 11) is 0. The summed E-state index contributed by atoms with van der Waals surface area (Å²) in [4.78, 5) is 28.0. The Labute approximate surface area is 199 Å². The summed E-state index contributed by atoms with van der Waals surface area (Å²) in [6, 6.07) is 4.51. The fourth-order valence-corrected chi connectivity index (χ4v) is 4.28. The molecule has 0 saturated carbocycles. The number of aliphatic hydroxyl groups is 2. The fourth-order valence-electron chi connectivity index (χ4n) is 4.11. The van der Waals surface area contributed by atoms with Crippen molar-refractivity contribution in [3.05, 3.63) is 34.5 Å². The van der Waals surface area contributed by atoms with Gasteiger partial charge in [-0.3, -0.25) is 4.90 Å². The third kappa shape index (κ3) is 5.62. The minimum Gasteiger partial charge on any atom is -0.444 e. The van der Waals surface area contributed by atoms with Gasteiger partial charge in [-0.15, -0.1) is 0 Å². The minimum atomic E-state index is -1.10. The van der Waals surface area contributed by atoms with Crippen LogP contribution in [0.3, 0.4) is 0 Å². The lowest BCUT2D eigenvalue weighted by Gasteiger charge is -2.38. The number of carbonyl (C=O) groups is 2. The number of amides is 1. The molecule has 2 N–H and O–H groups in total. The highest BCUT2D eigenvalue weighted by molar-refractivity contribution is 6.31. The number of aliphatic hydroxyl groups excluding tert-OH is 2. The molecule has 1 aliphatic rings. The molecule has 1 amide bonds. The Morgan fingerprint density at radius 3 is 2.30 bits per heavy atom. The van der Waals surface area contributed by atoms with Crippen molar-refractivity contribution < 1.29 is 29.3 Å². The van der Waals surface area contributed by atoms with Crippen LogP contribution in [-0.2, 0) is 15.9 Å². The lowest BCUT2D eigenvalue weighted by molar-refractivity contribution is 0.00104. The van der Waals surface area contributed by atoms with Crippen LogP contribution >= 0.6 is 11.6 Å². The Hall–Kier alpha value is -2.29. The second-order valence-corrected chi connectivity index (χ2v) is 10.8. The first-order chi connectivity index (χ1) is 15.2. The van der Waals surface area contributed by atoms with Crippen molar-refractivity contribution in [3.8, 4) is 0 Å². The molecular formula is C24H33ClN2O6. The van der Waals surface area contributed by atoms with Crippen molar-refractivity contribution in [2.45, 2.75) is 77.7 Å². The molecule has 2 atom stereocenters. The molecule has 1 aliphatic heterocycles. The molecule has 33 heavy (non-hydrogen) atoms. The maximum atomic E-state index is 13.4. The molecule has 0 bridgehead atoms. The zero-order chi connectivity index (χ0) is 24.7. The molecule has 3 rings (SSSR count). The summed E-state index contributed by atoms with van der Waals surface area (Å²) in [5, 5.41) is 21.2. The molecule has 182 valence electrons. The van der Waals surface area contributed by atoms with Gasteiger partial charge in [0.1, 0.15) is 11.2 Å². The average Bonchev–Trinajstić information content (AvgIpc) is 2.99. The topological polar surface area (TPSA) is 101 Å². The maximum Gasteiger partial charge on any atom is 0.419 e. The van der Waals surface area contributed by atoms with Crippen LogP contribution in [0.4, 0.5) is 9.59 Å². The number of aromatic nitrogens is 1. The Balaban J connectivity index is 2.22. The summed E-state index contributed by atoms with van der Waals surface area (Å²) >= 11 is 6.27. The van der Waals surface area contributed by atoms with Gasteiger partial charge in [-0.2, -0.15) is 0 Å². The van der Waals surface area contributed by atoms with Crippen molar-refractivity contribution in [2.24, 2.45) is 0 Å². The molecule has 0 unspecified atom stereocenters. The first-order valence-corrected chi connectivity index (χ1v) is 11.4. The van der Waals surface area contributed by atoms with Crippen LogP contribution in [0.25, 0.3) is 10.9 Å². The Bertz CT molecular complexity index is 1050. The van der Waals surface area contributed by atoms with Crippen molar-refractivity contribution in [1.82, 2.24) is 9.47 Å². The monoisotopic (exact) mass is 480 g/mol. The molecule has 0 fully saturated rings. The first-order valence-electron chi connectivity index (χ1n) is 11.1. The van der Waals surface area contributed by atoms with Crippen molar-refractivity contribution in [1.29, 1.82) is 0 Å². The van der Waals surface area contributed by atoms with Gasteiger partial charge < -0.3 is 19.7 Å². The molecule has 0 saturated heterocycles. The molecule has 8 nitrogen and oxygen atoms in total. The molecule has 9 heteroatoms. The van der Waals surface area contributed by atoms with Gasteiger partial charge in [-0.1, -0.05) is 11.6 Å². The van der Waals surface area contributed by atoms with E-state index < -0.39 is 42.1 Å². The predicted molar refractivity (Wildman–Crippen MR) is 126 cm³/mol. The summed E-state index contributed by atoms with van der Waals surface area (Å²) < 4.78 is 12.8. The van der Waals surface area contributed by atoms with Gasteiger partial charge in [-0.05, 0) is 71.7 Å². The second kappa shape index (κ2) is 9.16. The van der Waals surface area contributed by atoms with E-state index in [0.717, 1.165) is 10.9 Å². The number of nitrogens with zero attached hydrogens (tertiary/aromatic N) is 2. The smallest absolute Gasteiger partial charge is 0.419 e. The number of hydrogen-bond donors (Lipinski definition) is 2. The van der Waals surface area contributed by atoms with Crippen LogP contribution in [0.1, 0.15) is 65.3 Å². The minimum absolute atomic E-state index is 0.0234. The Morgan fingerprint density at radius 2 is 1.73 bits per heavy atom. The highest BCUT2D eigenvalue weighted by atomic mass is 35.5. The van der Waals surface area contributed by atoms with Gasteiger partial charge >= 0.3 is 12.2 Å². The second-order valence-electron chi connectivity index (χ2n) is 10.4. The van der Waals surface area contributed by atoms with Gasteiger partial charge in [0.05, 0.1) is 30.0 Å². The normalized spacial score (nSPS) is 17.6. The molecule has 0 radical (unpaired) electrons. The van der Waals surface area contributed by atoms with Crippen LogP contribution < -0.4 is 0 Å². The third-order valence-corrected chi connectivity index (χ3v) is 5.51. The number of rotatable bonds is 3. The summed E-state index contributed by atoms with van der Waals surface area (Å²) in [5.74, 6) is 0. The highest BCUT2D eigenvalue weighted by Gasteiger charge is 2.40. The van der Waals surface area contributed by atoms with E-state index >= 15 is 0 Å². The standard InChI is InChI=1S/C24H33ClN2O6/c1-23(2,3)32-21(30)26-10-9-16-17-11-14(25)7-8-18(17)27(22(31)33-24(4,5)6)20(16)19(26)12-15(29)13-28/h7-8,11,15,19,28-29H,9-10,12-13H2,1-6H3/t15-,19-/m0/s1. The molecule has 2 aromatic rings. The van der Waals surface area contributed by atoms with Crippen molar-refractivity contribution in [2.75, 3.05) is 13.2 Å². The summed E-state index contributed by atoms with van der Waals surface area (Å²) in [6.45, 7) is 10.5. The number of benzene rings is 1. The quantitative estimate of drug-likeness (QED) is 0.662. The van der Waals surface area contributed by atoms with E-state index in [1.54, 1.807) is 59.7 Å². The van der Waals surface area contributed by atoms with E-state index in [1.165, 1.54) is 9.47 Å². The van der Waals surface area contributed by atoms with E-state index in [-0.39, 0.29) is 6.42 Å². The zero-order valence-corrected chi connectivity index (χ0v) is 20.8. The SMILES string of the molecule is CC(C)(C)OC(=O)N1CCc2c(n(C(=O)OC(C)(C)C)c3ccc(Cl)cc23)[C@@H]1C[C@H](O)CO. The van der Waals surface area contributed by atoms with Gasteiger partial charge in [0.2, 0.25) is 0 Å². The number of fused-ring (bicyclic) bond motifs is 3. The number of ether oxygens (including phenoxy) is 2. The molecule has 0 aliphatic carbocycles. The number of hydrogen-bond acceptors (Lipinski definition) is 6. The van der Waals surface area contributed by atoms with Crippen molar-refractivity contribution >= 4 is 34.7 Å². The third-order valence-electron chi connectivity index (χ3n) is 5.28. The first kappa shape index (κ1) is 25.3. The van der Waals surface area contributed by atoms with Gasteiger partial charge in [0, 0.05) is 23.4 Å². The van der Waals surface area contributed by atoms with Gasteiger partial charge in [0.25, 0.3) is 0 Å². The van der Waals surface area contributed by atoms with Crippen molar-refractivity contribution in [3.63, 3.8) is 0 Å². The number of carbonyl (C=O) groups excluding carboxylic acids is 2. The molecule has 0 spiro atoms. The molecule has 1 aromatic heterocycles. The molecule has 2 heterocycles. The maximum absolute atomic E-state index is 13.4. The lowest BCUT2D eigenvalue weighted by Crippen LogP contribution is -2.45. The van der Waals surface area contributed by atoms with E-state index in [4.69, 9.17) is 21.1 Å². The predicted octanol–water partition coefficient (Wildman–Crippen LogP) is 4.66. The van der Waals surface area contributed by atoms with Gasteiger partial charge in [-0.25, -0.2) is 14.2 Å². The fraction of sp³-hybridized carbons (Fsp3) is 0.583. The summed E-state index contributed by atoms with van der Waals surface area (Å²) in [6.07, 6.45) is -1.75. The van der Waals surface area contributed by atoms with Crippen LogP contribution in [0.5, 0.6) is 0 Å². The van der Waals surface area contributed by atoms with Crippen LogP contribution in [0.15, 0.2) is 18.2 Å². The van der Waals surface area contributed by atoms with Crippen LogP contribution in [-0.4, -0.2) is 62.3 Å². The van der Waals surface area contributed by atoms with E-state index in [1.807, 2.05) is 0 Å². The van der Waals surface area contributed by atoms with E-state index in [0.29, 0.717) is 29.2 Å². The van der Waals surface area contributed by atoms with E-state index in [9.17, 15) is 19.8 Å². The Kier molecular flexibility index (Phi) is 7.03. The van der Waals surface area contributed by atoms with Crippen LogP contribution in [0.2, 0.25) is 5.02 Å². The average molecular weight is 481 g/mol. The van der Waals surface area contributed by atoms with Gasteiger partial charge in [0.15, 0.2) is 0 Å². The van der Waals surface area contributed by atoms with E-state index in [2.05, 4.69) is 0 Å². The lowest BCUT2D eigenvalue weighted by atomic mass is 9.94. The number of halogens is 1. The van der Waals surface area contributed by atoms with Crippen LogP contribution in [0, 0.1) is 0 Å². The molecule has 1 aromatic carbocycles. The largest absolute Gasteiger partial charge is 0.444 e. The molecular weight excluding hydrogens is 448 g/mol.